The maximum Gasteiger partial charge on any atom is 0.119 e. The van der Waals surface area contributed by atoms with Gasteiger partial charge in [0.2, 0.25) is 0 Å². The lowest BCUT2D eigenvalue weighted by atomic mass is 10.2. The molecule has 14 heavy (non-hydrogen) atoms. The second-order valence-electron chi connectivity index (χ2n) is 3.37. The quantitative estimate of drug-likeness (QED) is 0.647. The van der Waals surface area contributed by atoms with Gasteiger partial charge in [-0.1, -0.05) is 28.1 Å². The molecule has 0 atom stereocenters. The zero-order valence-electron chi connectivity index (χ0n) is 8.59. The minimum absolute atomic E-state index is 0.238. The molecule has 0 aliphatic rings. The molecule has 0 aliphatic carbocycles. The van der Waals surface area contributed by atoms with Gasteiger partial charge in [0, 0.05) is 6.54 Å². The van der Waals surface area contributed by atoms with E-state index in [9.17, 15) is 0 Å². The lowest BCUT2D eigenvalue weighted by molar-refractivity contribution is 0.242. The van der Waals surface area contributed by atoms with E-state index in [2.05, 4.69) is 33.4 Å². The van der Waals surface area contributed by atoms with Gasteiger partial charge in [-0.2, -0.15) is 0 Å². The lowest BCUT2D eigenvalue weighted by Gasteiger charge is -2.10. The van der Waals surface area contributed by atoms with E-state index in [-0.39, 0.29) is 6.10 Å². The minimum atomic E-state index is 0.238. The number of benzene rings is 1. The van der Waals surface area contributed by atoms with Crippen molar-refractivity contribution in [1.29, 1.82) is 0 Å². The van der Waals surface area contributed by atoms with Gasteiger partial charge in [0.15, 0.2) is 0 Å². The van der Waals surface area contributed by atoms with E-state index >= 15 is 0 Å². The summed E-state index contributed by atoms with van der Waals surface area (Å²) in [7, 11) is 0. The molecule has 0 fully saturated rings. The third-order valence-electron chi connectivity index (χ3n) is 1.72. The SMILES string of the molecule is CC(C)Oc1ccc(CNCBr)cc1. The zero-order chi connectivity index (χ0) is 10.4. The maximum absolute atomic E-state index is 5.54. The molecule has 0 radical (unpaired) electrons. The van der Waals surface area contributed by atoms with Crippen molar-refractivity contribution < 1.29 is 4.74 Å². The zero-order valence-corrected chi connectivity index (χ0v) is 10.2. The predicted octanol–water partition coefficient (Wildman–Crippen LogP) is 2.92. The highest BCUT2D eigenvalue weighted by Gasteiger charge is 1.97. The fourth-order valence-electron chi connectivity index (χ4n) is 1.15. The first-order chi connectivity index (χ1) is 6.72. The van der Waals surface area contributed by atoms with Crippen LogP contribution in [0.1, 0.15) is 19.4 Å². The average molecular weight is 258 g/mol. The Kier molecular flexibility index (Phi) is 4.98. The monoisotopic (exact) mass is 257 g/mol. The Morgan fingerprint density at radius 1 is 1.29 bits per heavy atom. The Labute approximate surface area is 93.8 Å². The number of alkyl halides is 1. The fraction of sp³-hybridized carbons (Fsp3) is 0.455. The summed E-state index contributed by atoms with van der Waals surface area (Å²) in [6.45, 7) is 4.94. The van der Waals surface area contributed by atoms with Crippen molar-refractivity contribution in [2.24, 2.45) is 0 Å². The fourth-order valence-corrected chi connectivity index (χ4v) is 1.35. The summed E-state index contributed by atoms with van der Waals surface area (Å²) in [6, 6.07) is 8.16. The van der Waals surface area contributed by atoms with Crippen LogP contribution in [0.2, 0.25) is 0 Å². The molecule has 0 aliphatic heterocycles. The van der Waals surface area contributed by atoms with Crippen LogP contribution in [0.25, 0.3) is 0 Å². The Morgan fingerprint density at radius 3 is 2.43 bits per heavy atom. The van der Waals surface area contributed by atoms with Crippen molar-refractivity contribution in [2.45, 2.75) is 26.5 Å². The van der Waals surface area contributed by atoms with E-state index in [4.69, 9.17) is 4.74 Å². The van der Waals surface area contributed by atoms with Gasteiger partial charge in [-0.15, -0.1) is 0 Å². The van der Waals surface area contributed by atoms with Crippen molar-refractivity contribution in [3.05, 3.63) is 29.8 Å². The van der Waals surface area contributed by atoms with Gasteiger partial charge in [0.05, 0.1) is 11.6 Å². The second-order valence-corrected chi connectivity index (χ2v) is 3.93. The summed E-state index contributed by atoms with van der Waals surface area (Å²) in [6.07, 6.45) is 0.238. The van der Waals surface area contributed by atoms with Gasteiger partial charge < -0.3 is 10.1 Å². The lowest BCUT2D eigenvalue weighted by Crippen LogP contribution is -2.10. The number of hydrogen-bond donors (Lipinski definition) is 1. The summed E-state index contributed by atoms with van der Waals surface area (Å²) in [5, 5.41) is 3.20. The van der Waals surface area contributed by atoms with Crippen molar-refractivity contribution >= 4 is 15.9 Å². The van der Waals surface area contributed by atoms with Gasteiger partial charge in [-0.3, -0.25) is 0 Å². The van der Waals surface area contributed by atoms with Crippen LogP contribution >= 0.6 is 15.9 Å². The van der Waals surface area contributed by atoms with E-state index in [1.807, 2.05) is 26.0 Å². The molecule has 0 amide bonds. The van der Waals surface area contributed by atoms with Gasteiger partial charge in [-0.05, 0) is 31.5 Å². The molecule has 0 unspecified atom stereocenters. The van der Waals surface area contributed by atoms with Crippen molar-refractivity contribution in [3.8, 4) is 5.75 Å². The topological polar surface area (TPSA) is 21.3 Å². The summed E-state index contributed by atoms with van der Waals surface area (Å²) in [5.74, 6) is 0.933. The van der Waals surface area contributed by atoms with E-state index in [0.717, 1.165) is 17.7 Å². The van der Waals surface area contributed by atoms with Crippen molar-refractivity contribution in [3.63, 3.8) is 0 Å². The highest BCUT2D eigenvalue weighted by atomic mass is 79.9. The molecule has 1 rings (SSSR count). The molecule has 0 spiro atoms. The number of rotatable bonds is 5. The standard InChI is InChI=1S/C11H16BrNO/c1-9(2)14-11-5-3-10(4-6-11)7-13-8-12/h3-6,9,13H,7-8H2,1-2H3. The first kappa shape index (κ1) is 11.5. The first-order valence-corrected chi connectivity index (χ1v) is 5.87. The average Bonchev–Trinajstić information content (AvgIpc) is 2.16. The van der Waals surface area contributed by atoms with Crippen LogP contribution in [0.4, 0.5) is 0 Å². The Balaban J connectivity index is 2.50. The van der Waals surface area contributed by atoms with Crippen LogP contribution < -0.4 is 10.1 Å². The molecule has 0 saturated carbocycles. The largest absolute Gasteiger partial charge is 0.491 e. The first-order valence-electron chi connectivity index (χ1n) is 4.74. The number of nitrogens with one attached hydrogen (secondary N) is 1. The molecule has 1 aromatic carbocycles. The van der Waals surface area contributed by atoms with Crippen LogP contribution in [0, 0.1) is 0 Å². The molecular weight excluding hydrogens is 242 g/mol. The maximum atomic E-state index is 5.54. The number of ether oxygens (including phenoxy) is 1. The van der Waals surface area contributed by atoms with Gasteiger partial charge in [0.1, 0.15) is 5.75 Å². The summed E-state index contributed by atoms with van der Waals surface area (Å²) in [4.78, 5) is 0. The predicted molar refractivity (Wildman–Crippen MR) is 62.8 cm³/mol. The third kappa shape index (κ3) is 4.11. The smallest absolute Gasteiger partial charge is 0.119 e. The Morgan fingerprint density at radius 2 is 1.93 bits per heavy atom. The minimum Gasteiger partial charge on any atom is -0.491 e. The molecule has 2 nitrogen and oxygen atoms in total. The van der Waals surface area contributed by atoms with Crippen LogP contribution in [-0.4, -0.2) is 11.6 Å². The van der Waals surface area contributed by atoms with E-state index in [0.29, 0.717) is 0 Å². The van der Waals surface area contributed by atoms with Crippen LogP contribution in [0.15, 0.2) is 24.3 Å². The third-order valence-corrected chi connectivity index (χ3v) is 2.12. The molecule has 0 heterocycles. The van der Waals surface area contributed by atoms with Crippen LogP contribution in [0.5, 0.6) is 5.75 Å². The van der Waals surface area contributed by atoms with Crippen LogP contribution in [-0.2, 0) is 6.54 Å². The van der Waals surface area contributed by atoms with Crippen molar-refractivity contribution in [2.75, 3.05) is 5.45 Å². The van der Waals surface area contributed by atoms with E-state index in [1.165, 1.54) is 5.56 Å². The van der Waals surface area contributed by atoms with E-state index in [1.54, 1.807) is 0 Å². The molecule has 0 aromatic heterocycles. The molecule has 78 valence electrons. The molecule has 3 heteroatoms. The Hall–Kier alpha value is -0.540. The van der Waals surface area contributed by atoms with Crippen molar-refractivity contribution in [1.82, 2.24) is 5.32 Å². The summed E-state index contributed by atoms with van der Waals surface area (Å²) in [5.41, 5.74) is 2.08. The Bertz CT molecular complexity index is 258. The normalized spacial score (nSPS) is 10.6. The summed E-state index contributed by atoms with van der Waals surface area (Å²) < 4.78 is 5.54. The number of hydrogen-bond acceptors (Lipinski definition) is 2. The highest BCUT2D eigenvalue weighted by Crippen LogP contribution is 2.13. The number of halogens is 1. The molecule has 0 saturated heterocycles. The van der Waals surface area contributed by atoms with E-state index < -0.39 is 0 Å². The van der Waals surface area contributed by atoms with Gasteiger partial charge in [0.25, 0.3) is 0 Å². The van der Waals surface area contributed by atoms with Gasteiger partial charge >= 0.3 is 0 Å². The highest BCUT2D eigenvalue weighted by molar-refractivity contribution is 9.09. The molecular formula is C11H16BrNO. The molecule has 1 N–H and O–H groups in total. The van der Waals surface area contributed by atoms with Crippen LogP contribution in [0.3, 0.4) is 0 Å². The second kappa shape index (κ2) is 6.04. The van der Waals surface area contributed by atoms with Gasteiger partial charge in [-0.25, -0.2) is 0 Å². The summed E-state index contributed by atoms with van der Waals surface area (Å²) >= 11 is 3.32. The molecule has 1 aromatic rings. The molecule has 0 bridgehead atoms.